The molecule has 4 nitrogen and oxygen atoms in total. The summed E-state index contributed by atoms with van der Waals surface area (Å²) in [5.74, 6) is 0.986. The second-order valence-corrected chi connectivity index (χ2v) is 4.15. The van der Waals surface area contributed by atoms with E-state index < -0.39 is 0 Å². The highest BCUT2D eigenvalue weighted by Crippen LogP contribution is 2.19. The fourth-order valence-corrected chi connectivity index (χ4v) is 1.68. The Morgan fingerprint density at radius 1 is 1.28 bits per heavy atom. The van der Waals surface area contributed by atoms with Crippen molar-refractivity contribution in [2.45, 2.75) is 19.4 Å². The van der Waals surface area contributed by atoms with Crippen molar-refractivity contribution in [3.05, 3.63) is 54.1 Å². The number of hydrogen-bond acceptors (Lipinski definition) is 4. The van der Waals surface area contributed by atoms with E-state index in [1.54, 1.807) is 18.6 Å². The minimum Gasteiger partial charge on any atom is -0.491 e. The molecule has 0 fully saturated rings. The highest BCUT2D eigenvalue weighted by Gasteiger charge is 2.09. The SMILES string of the molecule is CC(COc1cnccc1CN)c1ccccn1. The van der Waals surface area contributed by atoms with Crippen molar-refractivity contribution in [1.29, 1.82) is 0 Å². The molecule has 0 spiro atoms. The Hall–Kier alpha value is -1.94. The third-order valence-corrected chi connectivity index (χ3v) is 2.77. The molecular formula is C14H17N3O. The number of rotatable bonds is 5. The van der Waals surface area contributed by atoms with Crippen LogP contribution in [0.15, 0.2) is 42.9 Å². The van der Waals surface area contributed by atoms with Gasteiger partial charge in [0.05, 0.1) is 12.8 Å². The third kappa shape index (κ3) is 3.05. The maximum absolute atomic E-state index is 5.76. The number of nitrogens with two attached hydrogens (primary N) is 1. The zero-order valence-electron chi connectivity index (χ0n) is 10.4. The van der Waals surface area contributed by atoms with E-state index in [1.807, 2.05) is 24.3 Å². The molecule has 1 unspecified atom stereocenters. The molecular weight excluding hydrogens is 226 g/mol. The predicted molar refractivity (Wildman–Crippen MR) is 70.3 cm³/mol. The quantitative estimate of drug-likeness (QED) is 0.873. The number of nitrogens with zero attached hydrogens (tertiary/aromatic N) is 2. The smallest absolute Gasteiger partial charge is 0.142 e. The van der Waals surface area contributed by atoms with E-state index in [1.165, 1.54) is 0 Å². The highest BCUT2D eigenvalue weighted by molar-refractivity contribution is 5.29. The van der Waals surface area contributed by atoms with Gasteiger partial charge in [-0.3, -0.25) is 9.97 Å². The van der Waals surface area contributed by atoms with Crippen molar-refractivity contribution >= 4 is 0 Å². The van der Waals surface area contributed by atoms with Gasteiger partial charge in [-0.1, -0.05) is 13.0 Å². The standard InChI is InChI=1S/C14H17N3O/c1-11(13-4-2-3-6-17-13)10-18-14-9-16-7-5-12(14)8-15/h2-7,9,11H,8,10,15H2,1H3. The fraction of sp³-hybridized carbons (Fsp3) is 0.286. The molecule has 2 rings (SSSR count). The molecule has 0 amide bonds. The van der Waals surface area contributed by atoms with Crippen LogP contribution in [0.1, 0.15) is 24.1 Å². The van der Waals surface area contributed by atoms with Gasteiger partial charge in [0, 0.05) is 36.1 Å². The summed E-state index contributed by atoms with van der Waals surface area (Å²) >= 11 is 0. The van der Waals surface area contributed by atoms with Gasteiger partial charge in [0.2, 0.25) is 0 Å². The van der Waals surface area contributed by atoms with E-state index >= 15 is 0 Å². The highest BCUT2D eigenvalue weighted by atomic mass is 16.5. The Labute approximate surface area is 107 Å². The molecule has 0 aliphatic rings. The lowest BCUT2D eigenvalue weighted by atomic mass is 10.1. The topological polar surface area (TPSA) is 61.0 Å². The Morgan fingerprint density at radius 3 is 2.89 bits per heavy atom. The van der Waals surface area contributed by atoms with Crippen molar-refractivity contribution in [3.8, 4) is 5.75 Å². The van der Waals surface area contributed by atoms with Gasteiger partial charge in [-0.05, 0) is 18.2 Å². The average molecular weight is 243 g/mol. The van der Waals surface area contributed by atoms with Crippen LogP contribution in [0.5, 0.6) is 5.75 Å². The first-order chi connectivity index (χ1) is 8.81. The van der Waals surface area contributed by atoms with E-state index in [0.29, 0.717) is 13.2 Å². The summed E-state index contributed by atoms with van der Waals surface area (Å²) in [6.45, 7) is 3.10. The van der Waals surface area contributed by atoms with Crippen LogP contribution in [0.3, 0.4) is 0 Å². The Balaban J connectivity index is 1.99. The van der Waals surface area contributed by atoms with Crippen LogP contribution in [0, 0.1) is 0 Å². The van der Waals surface area contributed by atoms with E-state index in [2.05, 4.69) is 16.9 Å². The number of hydrogen-bond donors (Lipinski definition) is 1. The van der Waals surface area contributed by atoms with E-state index in [0.717, 1.165) is 17.0 Å². The Bertz CT molecular complexity index is 487. The molecule has 0 saturated carbocycles. The van der Waals surface area contributed by atoms with Crippen LogP contribution in [0.2, 0.25) is 0 Å². The van der Waals surface area contributed by atoms with Crippen LogP contribution in [0.4, 0.5) is 0 Å². The monoisotopic (exact) mass is 243 g/mol. The molecule has 0 aliphatic heterocycles. The van der Waals surface area contributed by atoms with E-state index in [-0.39, 0.29) is 5.92 Å². The lowest BCUT2D eigenvalue weighted by Crippen LogP contribution is -2.10. The molecule has 94 valence electrons. The first kappa shape index (κ1) is 12.5. The molecule has 0 aliphatic carbocycles. The summed E-state index contributed by atoms with van der Waals surface area (Å²) in [5, 5.41) is 0. The van der Waals surface area contributed by atoms with Crippen LogP contribution in [-0.2, 0) is 6.54 Å². The van der Waals surface area contributed by atoms with Crippen molar-refractivity contribution in [1.82, 2.24) is 9.97 Å². The molecule has 0 bridgehead atoms. The van der Waals surface area contributed by atoms with Gasteiger partial charge in [-0.2, -0.15) is 0 Å². The zero-order valence-corrected chi connectivity index (χ0v) is 10.4. The van der Waals surface area contributed by atoms with Crippen LogP contribution in [-0.4, -0.2) is 16.6 Å². The summed E-state index contributed by atoms with van der Waals surface area (Å²) in [6, 6.07) is 7.76. The van der Waals surface area contributed by atoms with E-state index in [4.69, 9.17) is 10.5 Å². The molecule has 4 heteroatoms. The lowest BCUT2D eigenvalue weighted by molar-refractivity contribution is 0.290. The molecule has 1 atom stereocenters. The summed E-state index contributed by atoms with van der Waals surface area (Å²) in [7, 11) is 0. The fourth-order valence-electron chi connectivity index (χ4n) is 1.68. The molecule has 0 radical (unpaired) electrons. The molecule has 2 aromatic heterocycles. The van der Waals surface area contributed by atoms with Crippen molar-refractivity contribution < 1.29 is 4.74 Å². The van der Waals surface area contributed by atoms with Crippen LogP contribution >= 0.6 is 0 Å². The Kier molecular flexibility index (Phi) is 4.25. The first-order valence-corrected chi connectivity index (χ1v) is 5.98. The van der Waals surface area contributed by atoms with Gasteiger partial charge in [0.1, 0.15) is 5.75 Å². The van der Waals surface area contributed by atoms with Crippen molar-refractivity contribution in [3.63, 3.8) is 0 Å². The zero-order chi connectivity index (χ0) is 12.8. The lowest BCUT2D eigenvalue weighted by Gasteiger charge is -2.14. The van der Waals surface area contributed by atoms with Crippen molar-refractivity contribution in [2.24, 2.45) is 5.73 Å². The van der Waals surface area contributed by atoms with Gasteiger partial charge in [0.15, 0.2) is 0 Å². The van der Waals surface area contributed by atoms with Crippen LogP contribution < -0.4 is 10.5 Å². The van der Waals surface area contributed by atoms with Crippen LogP contribution in [0.25, 0.3) is 0 Å². The molecule has 2 N–H and O–H groups in total. The molecule has 0 saturated heterocycles. The van der Waals surface area contributed by atoms with Gasteiger partial charge >= 0.3 is 0 Å². The number of pyridine rings is 2. The molecule has 2 aromatic rings. The Morgan fingerprint density at radius 2 is 2.17 bits per heavy atom. The predicted octanol–water partition coefficient (Wildman–Crippen LogP) is 2.12. The average Bonchev–Trinajstić information content (AvgIpc) is 2.46. The summed E-state index contributed by atoms with van der Waals surface area (Å²) in [5.41, 5.74) is 7.64. The maximum atomic E-state index is 5.76. The van der Waals surface area contributed by atoms with Crippen molar-refractivity contribution in [2.75, 3.05) is 6.61 Å². The van der Waals surface area contributed by atoms with Gasteiger partial charge in [-0.15, -0.1) is 0 Å². The first-order valence-electron chi connectivity index (χ1n) is 5.98. The van der Waals surface area contributed by atoms with Gasteiger partial charge in [-0.25, -0.2) is 0 Å². The van der Waals surface area contributed by atoms with E-state index in [9.17, 15) is 0 Å². The number of aromatic nitrogens is 2. The normalized spacial score (nSPS) is 12.1. The minimum atomic E-state index is 0.233. The minimum absolute atomic E-state index is 0.233. The second-order valence-electron chi connectivity index (χ2n) is 4.15. The largest absolute Gasteiger partial charge is 0.491 e. The van der Waals surface area contributed by atoms with Gasteiger partial charge in [0.25, 0.3) is 0 Å². The third-order valence-electron chi connectivity index (χ3n) is 2.77. The summed E-state index contributed by atoms with van der Waals surface area (Å²) in [6.07, 6.45) is 5.21. The summed E-state index contributed by atoms with van der Waals surface area (Å²) < 4.78 is 5.76. The molecule has 18 heavy (non-hydrogen) atoms. The molecule has 0 aromatic carbocycles. The summed E-state index contributed by atoms with van der Waals surface area (Å²) in [4.78, 5) is 8.36. The molecule has 2 heterocycles. The number of ether oxygens (including phenoxy) is 1. The van der Waals surface area contributed by atoms with Gasteiger partial charge < -0.3 is 10.5 Å². The maximum Gasteiger partial charge on any atom is 0.142 e. The second kappa shape index (κ2) is 6.12.